The van der Waals surface area contributed by atoms with Crippen LogP contribution in [-0.2, 0) is 11.2 Å². The molecule has 154 valence electrons. The number of carbonyl (C=O) groups is 1. The van der Waals surface area contributed by atoms with E-state index in [1.807, 2.05) is 24.3 Å². The molecule has 1 N–H and O–H groups in total. The van der Waals surface area contributed by atoms with Gasteiger partial charge in [0.15, 0.2) is 0 Å². The molecule has 4 fully saturated rings. The molecule has 0 aliphatic heterocycles. The topological polar surface area (TPSA) is 77.2 Å². The van der Waals surface area contributed by atoms with Crippen LogP contribution in [0, 0.1) is 23.2 Å². The van der Waals surface area contributed by atoms with Gasteiger partial charge < -0.3 is 14.6 Å². The predicted molar refractivity (Wildman–Crippen MR) is 108 cm³/mol. The molecule has 0 unspecified atom stereocenters. The third-order valence-corrected chi connectivity index (χ3v) is 7.21. The summed E-state index contributed by atoms with van der Waals surface area (Å²) in [5, 5.41) is 7.25. The van der Waals surface area contributed by atoms with Gasteiger partial charge in [0.1, 0.15) is 5.75 Å². The van der Waals surface area contributed by atoms with Crippen molar-refractivity contribution < 1.29 is 14.1 Å². The minimum Gasteiger partial charge on any atom is -0.497 e. The lowest BCUT2D eigenvalue weighted by atomic mass is 9.49. The molecule has 1 amide bonds. The highest BCUT2D eigenvalue weighted by Gasteiger charge is 2.50. The van der Waals surface area contributed by atoms with E-state index in [1.54, 1.807) is 7.11 Å². The van der Waals surface area contributed by atoms with E-state index in [0.717, 1.165) is 35.6 Å². The van der Waals surface area contributed by atoms with Crippen LogP contribution in [0.3, 0.4) is 0 Å². The molecule has 6 rings (SSSR count). The molecular weight excluding hydrogens is 366 g/mol. The van der Waals surface area contributed by atoms with Gasteiger partial charge in [-0.1, -0.05) is 5.16 Å². The summed E-state index contributed by atoms with van der Waals surface area (Å²) in [6.45, 7) is 0.844. The molecule has 4 saturated carbocycles. The number of nitrogens with one attached hydrogen (secondary N) is 1. The van der Waals surface area contributed by atoms with Gasteiger partial charge in [0.25, 0.3) is 0 Å². The van der Waals surface area contributed by atoms with Crippen molar-refractivity contribution in [1.29, 1.82) is 0 Å². The highest BCUT2D eigenvalue weighted by molar-refractivity contribution is 5.76. The van der Waals surface area contributed by atoms with Gasteiger partial charge in [-0.25, -0.2) is 0 Å². The van der Waals surface area contributed by atoms with Crippen LogP contribution >= 0.6 is 0 Å². The van der Waals surface area contributed by atoms with Crippen molar-refractivity contribution in [3.8, 4) is 17.1 Å². The van der Waals surface area contributed by atoms with Crippen molar-refractivity contribution in [2.75, 3.05) is 13.7 Å². The van der Waals surface area contributed by atoms with Crippen LogP contribution in [0.15, 0.2) is 28.8 Å². The van der Waals surface area contributed by atoms with Gasteiger partial charge in [-0.15, -0.1) is 0 Å². The molecule has 1 heterocycles. The zero-order valence-electron chi connectivity index (χ0n) is 17.0. The van der Waals surface area contributed by atoms with Crippen molar-refractivity contribution in [3.05, 3.63) is 30.2 Å². The van der Waals surface area contributed by atoms with Crippen molar-refractivity contribution in [2.24, 2.45) is 23.2 Å². The van der Waals surface area contributed by atoms with Crippen LogP contribution in [0.4, 0.5) is 0 Å². The van der Waals surface area contributed by atoms with Crippen LogP contribution in [0.1, 0.15) is 50.8 Å². The quantitative estimate of drug-likeness (QED) is 0.766. The molecule has 2 aromatic rings. The SMILES string of the molecule is COc1ccc(-c2noc(CCC(=O)NCC34CC5CC(CC(C5)C3)C4)n2)cc1. The van der Waals surface area contributed by atoms with Gasteiger partial charge in [0.2, 0.25) is 17.6 Å². The second-order valence-electron chi connectivity index (χ2n) is 9.43. The number of benzene rings is 1. The molecule has 0 radical (unpaired) electrons. The number of rotatable bonds is 7. The Kier molecular flexibility index (Phi) is 4.80. The van der Waals surface area contributed by atoms with Gasteiger partial charge >= 0.3 is 0 Å². The molecular formula is C23H29N3O3. The molecule has 6 nitrogen and oxygen atoms in total. The Morgan fingerprint density at radius 3 is 2.41 bits per heavy atom. The summed E-state index contributed by atoms with van der Waals surface area (Å²) >= 11 is 0. The molecule has 4 bridgehead atoms. The van der Waals surface area contributed by atoms with Crippen molar-refractivity contribution >= 4 is 5.91 Å². The van der Waals surface area contributed by atoms with Crippen LogP contribution in [-0.4, -0.2) is 29.7 Å². The standard InChI is InChI=1S/C23H29N3O3/c1-28-19-4-2-18(3-5-19)22-25-21(29-26-22)7-6-20(27)24-14-23-11-15-8-16(12-23)10-17(9-15)13-23/h2-5,15-17H,6-14H2,1H3,(H,24,27). The fourth-order valence-corrected chi connectivity index (χ4v) is 6.32. The molecule has 0 spiro atoms. The van der Waals surface area contributed by atoms with Crippen molar-refractivity contribution in [1.82, 2.24) is 15.5 Å². The number of hydrogen-bond acceptors (Lipinski definition) is 5. The summed E-state index contributed by atoms with van der Waals surface area (Å²) in [5.74, 6) is 4.64. The van der Waals surface area contributed by atoms with E-state index in [9.17, 15) is 4.79 Å². The first-order valence-corrected chi connectivity index (χ1v) is 10.8. The molecule has 0 saturated heterocycles. The Balaban J connectivity index is 1.12. The third-order valence-electron chi connectivity index (χ3n) is 7.21. The summed E-state index contributed by atoms with van der Waals surface area (Å²) in [6.07, 6.45) is 9.09. The fourth-order valence-electron chi connectivity index (χ4n) is 6.32. The summed E-state index contributed by atoms with van der Waals surface area (Å²) in [5.41, 5.74) is 1.24. The van der Waals surface area contributed by atoms with E-state index >= 15 is 0 Å². The van der Waals surface area contributed by atoms with Gasteiger partial charge in [-0.05, 0) is 86.0 Å². The summed E-state index contributed by atoms with van der Waals surface area (Å²) in [7, 11) is 1.63. The Labute approximate surface area is 171 Å². The highest BCUT2D eigenvalue weighted by atomic mass is 16.5. The zero-order valence-corrected chi connectivity index (χ0v) is 17.0. The summed E-state index contributed by atoms with van der Waals surface area (Å²) in [6, 6.07) is 7.52. The van der Waals surface area contributed by atoms with E-state index in [2.05, 4.69) is 15.5 Å². The van der Waals surface area contributed by atoms with Crippen LogP contribution in [0.5, 0.6) is 5.75 Å². The molecule has 1 aromatic heterocycles. The maximum atomic E-state index is 12.4. The lowest BCUT2D eigenvalue weighted by molar-refractivity contribution is -0.123. The molecule has 1 aromatic carbocycles. The average Bonchev–Trinajstić information content (AvgIpc) is 3.19. The molecule has 4 aliphatic rings. The molecule has 6 heteroatoms. The number of hydrogen-bond donors (Lipinski definition) is 1. The largest absolute Gasteiger partial charge is 0.497 e. The van der Waals surface area contributed by atoms with Crippen LogP contribution in [0.2, 0.25) is 0 Å². The van der Waals surface area contributed by atoms with E-state index < -0.39 is 0 Å². The Hall–Kier alpha value is -2.37. The number of ether oxygens (including phenoxy) is 1. The first kappa shape index (κ1) is 18.6. The second kappa shape index (κ2) is 7.47. The first-order chi connectivity index (χ1) is 14.1. The Morgan fingerprint density at radius 1 is 1.14 bits per heavy atom. The van der Waals surface area contributed by atoms with Crippen LogP contribution < -0.4 is 10.1 Å². The minimum atomic E-state index is 0.0879. The van der Waals surface area contributed by atoms with Gasteiger partial charge in [0, 0.05) is 24.9 Å². The monoisotopic (exact) mass is 395 g/mol. The van der Waals surface area contributed by atoms with Gasteiger partial charge in [0.05, 0.1) is 7.11 Å². The minimum absolute atomic E-state index is 0.0879. The summed E-state index contributed by atoms with van der Waals surface area (Å²) < 4.78 is 10.5. The number of amides is 1. The molecule has 4 aliphatic carbocycles. The smallest absolute Gasteiger partial charge is 0.227 e. The average molecular weight is 396 g/mol. The number of aromatic nitrogens is 2. The second-order valence-corrected chi connectivity index (χ2v) is 9.43. The number of methoxy groups -OCH3 is 1. The summed E-state index contributed by atoms with van der Waals surface area (Å²) in [4.78, 5) is 16.9. The van der Waals surface area contributed by atoms with Crippen LogP contribution in [0.25, 0.3) is 11.4 Å². The maximum Gasteiger partial charge on any atom is 0.227 e. The third kappa shape index (κ3) is 3.89. The Bertz CT molecular complexity index is 838. The first-order valence-electron chi connectivity index (χ1n) is 10.8. The predicted octanol–water partition coefficient (Wildman–Crippen LogP) is 4.01. The lowest BCUT2D eigenvalue weighted by Crippen LogP contribution is -2.51. The van der Waals surface area contributed by atoms with E-state index in [-0.39, 0.29) is 5.91 Å². The highest BCUT2D eigenvalue weighted by Crippen LogP contribution is 2.59. The molecule has 29 heavy (non-hydrogen) atoms. The van der Waals surface area contributed by atoms with E-state index in [0.29, 0.717) is 30.0 Å². The van der Waals surface area contributed by atoms with Crippen molar-refractivity contribution in [3.63, 3.8) is 0 Å². The lowest BCUT2D eigenvalue weighted by Gasteiger charge is -2.56. The van der Waals surface area contributed by atoms with E-state index in [4.69, 9.17) is 9.26 Å². The number of carbonyl (C=O) groups excluding carboxylic acids is 1. The zero-order chi connectivity index (χ0) is 19.8. The van der Waals surface area contributed by atoms with Gasteiger partial charge in [-0.2, -0.15) is 4.98 Å². The maximum absolute atomic E-state index is 12.4. The fraction of sp³-hybridized carbons (Fsp3) is 0.609. The molecule has 0 atom stereocenters. The van der Waals surface area contributed by atoms with Crippen molar-refractivity contribution in [2.45, 2.75) is 51.4 Å². The number of aryl methyl sites for hydroxylation is 1. The normalized spacial score (nSPS) is 29.8. The van der Waals surface area contributed by atoms with Gasteiger partial charge in [-0.3, -0.25) is 4.79 Å². The number of nitrogens with zero attached hydrogens (tertiary/aromatic N) is 2. The Morgan fingerprint density at radius 2 is 1.79 bits per heavy atom. The van der Waals surface area contributed by atoms with E-state index in [1.165, 1.54) is 38.5 Å².